The van der Waals surface area contributed by atoms with E-state index in [0.717, 1.165) is 25.9 Å². The summed E-state index contributed by atoms with van der Waals surface area (Å²) >= 11 is 0. The van der Waals surface area contributed by atoms with Crippen molar-refractivity contribution in [2.24, 2.45) is 5.92 Å². The van der Waals surface area contributed by atoms with E-state index in [-0.39, 0.29) is 10.8 Å². The van der Waals surface area contributed by atoms with Crippen molar-refractivity contribution in [3.63, 3.8) is 0 Å². The van der Waals surface area contributed by atoms with E-state index in [1.54, 1.807) is 0 Å². The van der Waals surface area contributed by atoms with Gasteiger partial charge in [-0.2, -0.15) is 0 Å². The van der Waals surface area contributed by atoms with Crippen LogP contribution in [0.4, 0.5) is 0 Å². The molecule has 0 aromatic rings. The fourth-order valence-electron chi connectivity index (χ4n) is 2.12. The van der Waals surface area contributed by atoms with Gasteiger partial charge in [-0.15, -0.1) is 0 Å². The van der Waals surface area contributed by atoms with Crippen molar-refractivity contribution in [3.8, 4) is 0 Å². The topological polar surface area (TPSA) is 43.3 Å². The highest BCUT2D eigenvalue weighted by atomic mass is 16.5. The van der Waals surface area contributed by atoms with Crippen LogP contribution in [0.2, 0.25) is 0 Å². The first-order chi connectivity index (χ1) is 4.70. The monoisotopic (exact) mass is 143 g/mol. The van der Waals surface area contributed by atoms with E-state index in [9.17, 15) is 10.3 Å². The Balaban J connectivity index is 2.14. The predicted molar refractivity (Wildman–Crippen MR) is 37.0 cm³/mol. The number of aliphatic hydroxyl groups is 1. The zero-order valence-electron chi connectivity index (χ0n) is 5.99. The lowest BCUT2D eigenvalue weighted by molar-refractivity contribution is -0.901. The lowest BCUT2D eigenvalue weighted by Gasteiger charge is -2.54. The summed E-state index contributed by atoms with van der Waals surface area (Å²) in [4.78, 5) is 0. The van der Waals surface area contributed by atoms with Gasteiger partial charge in [-0.3, -0.25) is 0 Å². The third-order valence-corrected chi connectivity index (χ3v) is 2.88. The Morgan fingerprint density at radius 2 is 1.90 bits per heavy atom. The molecule has 1 unspecified atom stereocenters. The van der Waals surface area contributed by atoms with Crippen molar-refractivity contribution in [1.29, 1.82) is 0 Å². The third kappa shape index (κ3) is 0.856. The number of nitrogens with zero attached hydrogens (tertiary/aromatic N) is 1. The zero-order valence-corrected chi connectivity index (χ0v) is 5.99. The Kier molecular flexibility index (Phi) is 1.27. The molecule has 3 heteroatoms. The van der Waals surface area contributed by atoms with Gasteiger partial charge in [-0.25, -0.2) is 0 Å². The Hall–Kier alpha value is -0.120. The molecule has 3 nitrogen and oxygen atoms in total. The Labute approximate surface area is 60.4 Å². The van der Waals surface area contributed by atoms with Crippen LogP contribution < -0.4 is 0 Å². The second kappa shape index (κ2) is 1.94. The number of hydroxylamine groups is 3. The lowest BCUT2D eigenvalue weighted by Crippen LogP contribution is -2.60. The number of fused-ring (bicyclic) bond motifs is 3. The minimum atomic E-state index is -0.306. The second-order valence-corrected chi connectivity index (χ2v) is 3.59. The minimum Gasteiger partial charge on any atom is -0.633 e. The molecule has 0 spiro atoms. The first kappa shape index (κ1) is 6.58. The van der Waals surface area contributed by atoms with E-state index >= 15 is 0 Å². The van der Waals surface area contributed by atoms with Crippen LogP contribution in [0.3, 0.4) is 0 Å². The SMILES string of the molecule is [O-][N+]12CCC(CC1)C(O)C2. The molecule has 1 atom stereocenters. The van der Waals surface area contributed by atoms with Crippen molar-refractivity contribution >= 4 is 0 Å². The van der Waals surface area contributed by atoms with Gasteiger partial charge in [0.1, 0.15) is 12.6 Å². The summed E-state index contributed by atoms with van der Waals surface area (Å²) in [5.74, 6) is 0.439. The molecular formula is C7H13NO2. The fraction of sp³-hybridized carbons (Fsp3) is 1.00. The van der Waals surface area contributed by atoms with E-state index < -0.39 is 0 Å². The molecule has 0 amide bonds. The maximum Gasteiger partial charge on any atom is 0.106 e. The van der Waals surface area contributed by atoms with Crippen LogP contribution in [0.25, 0.3) is 0 Å². The van der Waals surface area contributed by atoms with Crippen molar-refractivity contribution < 1.29 is 9.75 Å². The molecule has 2 bridgehead atoms. The van der Waals surface area contributed by atoms with Crippen LogP contribution in [0.15, 0.2) is 0 Å². The molecule has 0 aromatic carbocycles. The first-order valence-corrected chi connectivity index (χ1v) is 3.95. The molecule has 10 heavy (non-hydrogen) atoms. The molecule has 3 saturated heterocycles. The molecule has 0 aliphatic carbocycles. The van der Waals surface area contributed by atoms with Crippen LogP contribution in [-0.4, -0.2) is 35.5 Å². The summed E-state index contributed by atoms with van der Waals surface area (Å²) in [7, 11) is 0. The summed E-state index contributed by atoms with van der Waals surface area (Å²) in [6.45, 7) is 1.92. The normalized spacial score (nSPS) is 53.4. The standard InChI is InChI=1S/C7H13NO2/c9-7-5-8(10)3-1-6(7)2-4-8/h6-7,9H,1-5H2. The second-order valence-electron chi connectivity index (χ2n) is 3.59. The van der Waals surface area contributed by atoms with Crippen LogP contribution in [-0.2, 0) is 0 Å². The molecule has 0 aromatic heterocycles. The fourth-order valence-corrected chi connectivity index (χ4v) is 2.12. The predicted octanol–water partition coefficient (Wildman–Crippen LogP) is 0.0855. The van der Waals surface area contributed by atoms with Gasteiger partial charge < -0.3 is 15.0 Å². The van der Waals surface area contributed by atoms with Crippen molar-refractivity contribution in [2.45, 2.75) is 18.9 Å². The summed E-state index contributed by atoms with van der Waals surface area (Å²) < 4.78 is -0.127. The molecule has 0 radical (unpaired) electrons. The molecule has 3 aliphatic heterocycles. The number of rotatable bonds is 0. The summed E-state index contributed by atoms with van der Waals surface area (Å²) in [6, 6.07) is 0. The maximum absolute atomic E-state index is 11.5. The average Bonchev–Trinajstić information content (AvgIpc) is 1.87. The Morgan fingerprint density at radius 3 is 2.20 bits per heavy atom. The molecular weight excluding hydrogens is 130 g/mol. The van der Waals surface area contributed by atoms with Crippen LogP contribution in [0.5, 0.6) is 0 Å². The Morgan fingerprint density at radius 1 is 1.30 bits per heavy atom. The van der Waals surface area contributed by atoms with E-state index in [1.807, 2.05) is 0 Å². The van der Waals surface area contributed by atoms with Gasteiger partial charge in [-0.05, 0) is 0 Å². The van der Waals surface area contributed by atoms with Crippen LogP contribution in [0, 0.1) is 11.1 Å². The summed E-state index contributed by atoms with van der Waals surface area (Å²) in [5.41, 5.74) is 0. The molecule has 58 valence electrons. The maximum atomic E-state index is 11.5. The number of hydrogen-bond acceptors (Lipinski definition) is 2. The van der Waals surface area contributed by atoms with Gasteiger partial charge in [0.05, 0.1) is 13.1 Å². The van der Waals surface area contributed by atoms with Gasteiger partial charge in [0, 0.05) is 18.8 Å². The minimum absolute atomic E-state index is 0.127. The number of piperidine rings is 3. The molecule has 3 aliphatic rings. The smallest absolute Gasteiger partial charge is 0.106 e. The van der Waals surface area contributed by atoms with E-state index in [0.29, 0.717) is 12.5 Å². The van der Waals surface area contributed by atoms with Crippen LogP contribution >= 0.6 is 0 Å². The van der Waals surface area contributed by atoms with Crippen molar-refractivity contribution in [3.05, 3.63) is 5.21 Å². The van der Waals surface area contributed by atoms with Gasteiger partial charge in [0.25, 0.3) is 0 Å². The highest BCUT2D eigenvalue weighted by Gasteiger charge is 2.39. The highest BCUT2D eigenvalue weighted by molar-refractivity contribution is 4.79. The van der Waals surface area contributed by atoms with E-state index in [4.69, 9.17) is 0 Å². The van der Waals surface area contributed by atoms with E-state index in [1.165, 1.54) is 0 Å². The molecule has 3 rings (SSSR count). The largest absolute Gasteiger partial charge is 0.633 e. The van der Waals surface area contributed by atoms with Gasteiger partial charge in [0.2, 0.25) is 0 Å². The van der Waals surface area contributed by atoms with Crippen molar-refractivity contribution in [1.82, 2.24) is 0 Å². The average molecular weight is 143 g/mol. The summed E-state index contributed by atoms with van der Waals surface area (Å²) in [5, 5.41) is 20.9. The molecule has 3 fully saturated rings. The van der Waals surface area contributed by atoms with Gasteiger partial charge >= 0.3 is 0 Å². The molecule has 0 saturated carbocycles. The lowest BCUT2D eigenvalue weighted by atomic mass is 9.85. The zero-order chi connectivity index (χ0) is 7.19. The Bertz CT molecular complexity index is 141. The highest BCUT2D eigenvalue weighted by Crippen LogP contribution is 2.32. The number of quaternary nitrogens is 1. The molecule has 3 heterocycles. The van der Waals surface area contributed by atoms with Gasteiger partial charge in [0.15, 0.2) is 0 Å². The van der Waals surface area contributed by atoms with Gasteiger partial charge in [-0.1, -0.05) is 0 Å². The quantitative estimate of drug-likeness (QED) is 0.385. The number of aliphatic hydroxyl groups excluding tert-OH is 1. The van der Waals surface area contributed by atoms with Crippen LogP contribution in [0.1, 0.15) is 12.8 Å². The van der Waals surface area contributed by atoms with E-state index in [2.05, 4.69) is 0 Å². The number of hydrogen-bond donors (Lipinski definition) is 1. The third-order valence-electron chi connectivity index (χ3n) is 2.88. The molecule has 1 N–H and O–H groups in total. The van der Waals surface area contributed by atoms with Crippen molar-refractivity contribution in [2.75, 3.05) is 19.6 Å². The first-order valence-electron chi connectivity index (χ1n) is 3.95. The summed E-state index contributed by atoms with van der Waals surface area (Å²) in [6.07, 6.45) is 1.56.